The molecule has 0 saturated heterocycles. The number of nitrogens with zero attached hydrogens (tertiary/aromatic N) is 2. The fourth-order valence-corrected chi connectivity index (χ4v) is 2.55. The molecule has 2 heterocycles. The highest BCUT2D eigenvalue weighted by atomic mass is 32.1. The summed E-state index contributed by atoms with van der Waals surface area (Å²) >= 11 is 1.36. The maximum atomic E-state index is 12.0. The van der Waals surface area contributed by atoms with Gasteiger partial charge in [-0.05, 0) is 26.0 Å². The van der Waals surface area contributed by atoms with Crippen molar-refractivity contribution < 1.29 is 4.79 Å². The number of hydrogen-bond acceptors (Lipinski definition) is 4. The van der Waals surface area contributed by atoms with Crippen molar-refractivity contribution in [3.8, 4) is 0 Å². The summed E-state index contributed by atoms with van der Waals surface area (Å²) in [6.07, 6.45) is 1.45. The minimum Gasteiger partial charge on any atom is -0.301 e. The van der Waals surface area contributed by atoms with E-state index in [2.05, 4.69) is 0 Å². The van der Waals surface area contributed by atoms with Gasteiger partial charge in [0.25, 0.3) is 5.56 Å². The van der Waals surface area contributed by atoms with Crippen LogP contribution in [0, 0.1) is 6.92 Å². The summed E-state index contributed by atoms with van der Waals surface area (Å²) in [6, 6.07) is 4.86. The number of aryl methyl sites for hydroxylation is 2. The number of rotatable bonds is 4. The molecule has 0 aromatic carbocycles. The topological polar surface area (TPSA) is 61.1 Å². The predicted octanol–water partition coefficient (Wildman–Crippen LogP) is 1.28. The Hall–Kier alpha value is -1.95. The standard InChI is InChI=1S/C13H14N2O3S/c1-3-14-7-6-12(17)15(13(14)18)8-10(16)11-5-4-9(2)19-11/h4-7H,3,8H2,1-2H3. The average Bonchev–Trinajstić information content (AvgIpc) is 2.81. The highest BCUT2D eigenvalue weighted by Gasteiger charge is 2.12. The lowest BCUT2D eigenvalue weighted by Gasteiger charge is -2.06. The molecule has 0 spiro atoms. The minimum atomic E-state index is -0.448. The van der Waals surface area contributed by atoms with Gasteiger partial charge in [0.05, 0.1) is 11.4 Å². The van der Waals surface area contributed by atoms with Crippen LogP contribution in [0.3, 0.4) is 0 Å². The van der Waals surface area contributed by atoms with Crippen LogP contribution >= 0.6 is 11.3 Å². The van der Waals surface area contributed by atoms with Gasteiger partial charge in [0.1, 0.15) is 0 Å². The van der Waals surface area contributed by atoms with Crippen molar-refractivity contribution in [2.24, 2.45) is 0 Å². The molecule has 6 heteroatoms. The van der Waals surface area contributed by atoms with Gasteiger partial charge in [-0.3, -0.25) is 14.2 Å². The molecule has 0 aliphatic carbocycles. The smallest absolute Gasteiger partial charge is 0.301 e. The van der Waals surface area contributed by atoms with Crippen molar-refractivity contribution in [1.82, 2.24) is 9.13 Å². The number of hydrogen-bond donors (Lipinski definition) is 0. The fourth-order valence-electron chi connectivity index (χ4n) is 1.75. The van der Waals surface area contributed by atoms with Crippen molar-refractivity contribution >= 4 is 17.1 Å². The van der Waals surface area contributed by atoms with Gasteiger partial charge >= 0.3 is 5.69 Å². The molecule has 100 valence electrons. The Labute approximate surface area is 113 Å². The molecule has 0 atom stereocenters. The Morgan fingerprint density at radius 1 is 1.26 bits per heavy atom. The molecule has 19 heavy (non-hydrogen) atoms. The number of Topliss-reactive ketones (excluding diaryl/α,β-unsaturated/α-hetero) is 1. The summed E-state index contributed by atoms with van der Waals surface area (Å²) in [5.41, 5.74) is -0.895. The van der Waals surface area contributed by atoms with Crippen molar-refractivity contribution in [3.63, 3.8) is 0 Å². The van der Waals surface area contributed by atoms with Crippen molar-refractivity contribution in [2.75, 3.05) is 0 Å². The normalized spacial score (nSPS) is 10.6. The zero-order valence-corrected chi connectivity index (χ0v) is 11.6. The number of ketones is 1. The van der Waals surface area contributed by atoms with E-state index >= 15 is 0 Å². The van der Waals surface area contributed by atoms with Gasteiger partial charge in [0.15, 0.2) is 5.78 Å². The Morgan fingerprint density at radius 3 is 2.58 bits per heavy atom. The van der Waals surface area contributed by atoms with Gasteiger partial charge in [-0.1, -0.05) is 0 Å². The van der Waals surface area contributed by atoms with Crippen LogP contribution in [0.15, 0.2) is 34.0 Å². The lowest BCUT2D eigenvalue weighted by atomic mass is 10.3. The van der Waals surface area contributed by atoms with Crippen molar-refractivity contribution in [2.45, 2.75) is 26.9 Å². The quantitative estimate of drug-likeness (QED) is 0.792. The SMILES string of the molecule is CCn1ccc(=O)n(CC(=O)c2ccc(C)s2)c1=O. The zero-order chi connectivity index (χ0) is 14.0. The van der Waals surface area contributed by atoms with E-state index in [-0.39, 0.29) is 12.3 Å². The van der Waals surface area contributed by atoms with Crippen LogP contribution in [0.25, 0.3) is 0 Å². The van der Waals surface area contributed by atoms with Gasteiger partial charge < -0.3 is 4.57 Å². The van der Waals surface area contributed by atoms with E-state index in [1.165, 1.54) is 28.2 Å². The predicted molar refractivity (Wildman–Crippen MR) is 74.0 cm³/mol. The lowest BCUT2D eigenvalue weighted by Crippen LogP contribution is -2.40. The molecule has 0 N–H and O–H groups in total. The van der Waals surface area contributed by atoms with Crippen LogP contribution in [0.1, 0.15) is 21.5 Å². The maximum Gasteiger partial charge on any atom is 0.331 e. The first-order chi connectivity index (χ1) is 9.02. The highest BCUT2D eigenvalue weighted by molar-refractivity contribution is 7.14. The largest absolute Gasteiger partial charge is 0.331 e. The summed E-state index contributed by atoms with van der Waals surface area (Å²) in [4.78, 5) is 37.3. The van der Waals surface area contributed by atoms with E-state index in [1.807, 2.05) is 13.0 Å². The molecular weight excluding hydrogens is 264 g/mol. The Bertz CT molecular complexity index is 724. The third-order valence-corrected chi connectivity index (χ3v) is 3.84. The molecular formula is C13H14N2O3S. The number of aromatic nitrogens is 2. The second kappa shape index (κ2) is 5.36. The molecule has 0 aliphatic heterocycles. The van der Waals surface area contributed by atoms with Crippen LogP contribution in [-0.4, -0.2) is 14.9 Å². The zero-order valence-electron chi connectivity index (χ0n) is 10.8. The number of carbonyl (C=O) groups excluding carboxylic acids is 1. The van der Waals surface area contributed by atoms with Crippen LogP contribution in [0.4, 0.5) is 0 Å². The van der Waals surface area contributed by atoms with Crippen LogP contribution in [0.2, 0.25) is 0 Å². The summed E-state index contributed by atoms with van der Waals surface area (Å²) in [5.74, 6) is -0.217. The second-order valence-electron chi connectivity index (χ2n) is 4.14. The highest BCUT2D eigenvalue weighted by Crippen LogP contribution is 2.15. The summed E-state index contributed by atoms with van der Waals surface area (Å²) in [6.45, 7) is 3.96. The first-order valence-electron chi connectivity index (χ1n) is 5.93. The molecule has 2 rings (SSSR count). The molecule has 5 nitrogen and oxygen atoms in total. The van der Waals surface area contributed by atoms with Gasteiger partial charge in [-0.25, -0.2) is 4.79 Å². The minimum absolute atomic E-state index is 0.210. The van der Waals surface area contributed by atoms with Crippen molar-refractivity contribution in [1.29, 1.82) is 0 Å². The molecule has 2 aromatic rings. The van der Waals surface area contributed by atoms with Gasteiger partial charge in [-0.2, -0.15) is 0 Å². The Balaban J connectivity index is 2.36. The Kier molecular flexibility index (Phi) is 3.80. The van der Waals surface area contributed by atoms with Crippen molar-refractivity contribution in [3.05, 3.63) is 55.0 Å². The van der Waals surface area contributed by atoms with E-state index in [9.17, 15) is 14.4 Å². The van der Waals surface area contributed by atoms with Crippen LogP contribution in [-0.2, 0) is 13.1 Å². The number of carbonyl (C=O) groups is 1. The van der Waals surface area contributed by atoms with E-state index in [0.717, 1.165) is 9.44 Å². The molecule has 0 fully saturated rings. The molecule has 0 saturated carbocycles. The molecule has 0 bridgehead atoms. The monoisotopic (exact) mass is 278 g/mol. The van der Waals surface area contributed by atoms with E-state index in [1.54, 1.807) is 13.0 Å². The fraction of sp³-hybridized carbons (Fsp3) is 0.308. The second-order valence-corrected chi connectivity index (χ2v) is 5.43. The average molecular weight is 278 g/mol. The summed E-state index contributed by atoms with van der Waals surface area (Å²) < 4.78 is 2.37. The van der Waals surface area contributed by atoms with E-state index in [0.29, 0.717) is 11.4 Å². The molecule has 0 aliphatic rings. The van der Waals surface area contributed by atoms with Gasteiger partial charge in [0.2, 0.25) is 0 Å². The Morgan fingerprint density at radius 2 is 2.00 bits per heavy atom. The lowest BCUT2D eigenvalue weighted by molar-refractivity contribution is 0.0972. The third-order valence-electron chi connectivity index (χ3n) is 2.80. The summed E-state index contributed by atoms with van der Waals surface area (Å²) in [5, 5.41) is 0. The van der Waals surface area contributed by atoms with Gasteiger partial charge in [0, 0.05) is 23.7 Å². The first kappa shape index (κ1) is 13.5. The third kappa shape index (κ3) is 2.73. The molecule has 0 radical (unpaired) electrons. The molecule has 0 amide bonds. The first-order valence-corrected chi connectivity index (χ1v) is 6.74. The van der Waals surface area contributed by atoms with E-state index in [4.69, 9.17) is 0 Å². The van der Waals surface area contributed by atoms with Gasteiger partial charge in [-0.15, -0.1) is 11.3 Å². The van der Waals surface area contributed by atoms with Crippen LogP contribution < -0.4 is 11.2 Å². The molecule has 2 aromatic heterocycles. The number of thiophene rings is 1. The summed E-state index contributed by atoms with van der Waals surface area (Å²) in [7, 11) is 0. The van der Waals surface area contributed by atoms with E-state index < -0.39 is 11.2 Å². The molecule has 0 unspecified atom stereocenters. The van der Waals surface area contributed by atoms with Crippen LogP contribution in [0.5, 0.6) is 0 Å². The maximum absolute atomic E-state index is 12.0.